The van der Waals surface area contributed by atoms with Crippen LogP contribution < -0.4 is 0 Å². The number of carbonyl (C=O) groups is 2. The Balaban J connectivity index is 2.66. The maximum Gasteiger partial charge on any atom is 0.227 e. The Morgan fingerprint density at radius 1 is 1.12 bits per heavy atom. The molecule has 0 aromatic carbocycles. The van der Waals surface area contributed by atoms with Crippen molar-refractivity contribution in [3.05, 3.63) is 23.2 Å². The largest absolute Gasteiger partial charge is 0.504 e. The third kappa shape index (κ3) is 2.72. The molecule has 0 aromatic rings. The number of aliphatic hydroxyl groups is 2. The van der Waals surface area contributed by atoms with Crippen LogP contribution in [0.4, 0.5) is 0 Å². The zero-order chi connectivity index (χ0) is 12.1. The Labute approximate surface area is 94.3 Å². The molecule has 0 fully saturated rings. The predicted octanol–water partition coefficient (Wildman–Crippen LogP) is 2.36. The maximum absolute atomic E-state index is 11.5. The first-order valence-corrected chi connectivity index (χ1v) is 5.49. The summed E-state index contributed by atoms with van der Waals surface area (Å²) in [6, 6.07) is 0. The molecule has 4 nitrogen and oxygen atoms in total. The van der Waals surface area contributed by atoms with Gasteiger partial charge in [-0.2, -0.15) is 0 Å². The molecule has 0 heterocycles. The normalized spacial score (nSPS) is 16.7. The molecule has 16 heavy (non-hydrogen) atoms. The molecule has 0 radical (unpaired) electrons. The van der Waals surface area contributed by atoms with Crippen LogP contribution in [0.5, 0.6) is 0 Å². The molecule has 0 amide bonds. The zero-order valence-corrected chi connectivity index (χ0v) is 9.32. The molecule has 0 aliphatic heterocycles. The van der Waals surface area contributed by atoms with Crippen molar-refractivity contribution in [2.45, 2.75) is 39.0 Å². The Bertz CT molecular complexity index is 363. The number of Topliss-reactive ketones (excluding diaryl/α,β-unsaturated/α-hetero) is 1. The summed E-state index contributed by atoms with van der Waals surface area (Å²) in [5.41, 5.74) is 0.0427. The number of rotatable bonds is 5. The van der Waals surface area contributed by atoms with Crippen molar-refractivity contribution in [3.63, 3.8) is 0 Å². The molecule has 0 bridgehead atoms. The number of hydrogen-bond donors (Lipinski definition) is 2. The Kier molecular flexibility index (Phi) is 4.28. The molecule has 1 aliphatic carbocycles. The van der Waals surface area contributed by atoms with Gasteiger partial charge in [0.05, 0.1) is 0 Å². The minimum Gasteiger partial charge on any atom is -0.504 e. The standard InChI is InChI=1S/C12H16O4/c1-2-3-4-5-6-8-11(15)9(13)7-10(14)12(8)16/h7,13,16H,2-6H2,1H3. The number of allylic oxidation sites excluding steroid dienone is 2. The molecule has 4 heteroatoms. The van der Waals surface area contributed by atoms with E-state index < -0.39 is 23.1 Å². The third-order valence-corrected chi connectivity index (χ3v) is 2.57. The topological polar surface area (TPSA) is 74.6 Å². The lowest BCUT2D eigenvalue weighted by atomic mass is 9.95. The smallest absolute Gasteiger partial charge is 0.227 e. The Morgan fingerprint density at radius 2 is 1.81 bits per heavy atom. The Morgan fingerprint density at radius 3 is 2.44 bits per heavy atom. The van der Waals surface area contributed by atoms with Crippen LogP contribution in [0.15, 0.2) is 23.2 Å². The van der Waals surface area contributed by atoms with Gasteiger partial charge in [-0.15, -0.1) is 0 Å². The quantitative estimate of drug-likeness (QED) is 0.555. The van der Waals surface area contributed by atoms with Gasteiger partial charge in [-0.05, 0) is 12.8 Å². The van der Waals surface area contributed by atoms with Gasteiger partial charge in [0, 0.05) is 11.6 Å². The summed E-state index contributed by atoms with van der Waals surface area (Å²) in [5.74, 6) is -2.41. The molecular formula is C12H16O4. The van der Waals surface area contributed by atoms with E-state index in [9.17, 15) is 19.8 Å². The van der Waals surface area contributed by atoms with Gasteiger partial charge < -0.3 is 10.2 Å². The lowest BCUT2D eigenvalue weighted by Gasteiger charge is -2.12. The first-order chi connectivity index (χ1) is 7.57. The minimum absolute atomic E-state index is 0.0427. The lowest BCUT2D eigenvalue weighted by molar-refractivity contribution is -0.119. The van der Waals surface area contributed by atoms with Gasteiger partial charge in [-0.25, -0.2) is 0 Å². The molecule has 0 aromatic heterocycles. The van der Waals surface area contributed by atoms with Gasteiger partial charge in [0.15, 0.2) is 11.5 Å². The summed E-state index contributed by atoms with van der Waals surface area (Å²) >= 11 is 0. The number of carbonyl (C=O) groups excluding carboxylic acids is 2. The number of unbranched alkanes of at least 4 members (excludes halogenated alkanes) is 3. The van der Waals surface area contributed by atoms with E-state index in [2.05, 4.69) is 6.92 Å². The van der Waals surface area contributed by atoms with Crippen molar-refractivity contribution in [3.8, 4) is 0 Å². The van der Waals surface area contributed by atoms with Crippen molar-refractivity contribution in [2.75, 3.05) is 0 Å². The SMILES string of the molecule is CCCCCCC1=C(O)C(=O)C=C(O)C1=O. The second-order valence-electron chi connectivity index (χ2n) is 3.86. The highest BCUT2D eigenvalue weighted by molar-refractivity contribution is 6.20. The maximum atomic E-state index is 11.5. The van der Waals surface area contributed by atoms with Crippen molar-refractivity contribution in [1.82, 2.24) is 0 Å². The van der Waals surface area contributed by atoms with Crippen LogP contribution in [0.1, 0.15) is 39.0 Å². The minimum atomic E-state index is -0.692. The van der Waals surface area contributed by atoms with Crippen LogP contribution in [0, 0.1) is 0 Å². The van der Waals surface area contributed by atoms with Crippen molar-refractivity contribution >= 4 is 11.6 Å². The highest BCUT2D eigenvalue weighted by atomic mass is 16.3. The monoisotopic (exact) mass is 224 g/mol. The molecular weight excluding hydrogens is 208 g/mol. The fraction of sp³-hybridized carbons (Fsp3) is 0.500. The first-order valence-electron chi connectivity index (χ1n) is 5.49. The fourth-order valence-electron chi connectivity index (χ4n) is 1.63. The van der Waals surface area contributed by atoms with Gasteiger partial charge in [0.25, 0.3) is 0 Å². The molecule has 88 valence electrons. The van der Waals surface area contributed by atoms with Gasteiger partial charge in [-0.3, -0.25) is 9.59 Å². The molecule has 0 spiro atoms. The molecule has 0 unspecified atom stereocenters. The van der Waals surface area contributed by atoms with E-state index in [1.807, 2.05) is 0 Å². The summed E-state index contributed by atoms with van der Waals surface area (Å²) in [4.78, 5) is 22.6. The molecule has 1 aliphatic rings. The highest BCUT2D eigenvalue weighted by Gasteiger charge is 2.27. The second-order valence-corrected chi connectivity index (χ2v) is 3.86. The van der Waals surface area contributed by atoms with Crippen LogP contribution in [0.2, 0.25) is 0 Å². The zero-order valence-electron chi connectivity index (χ0n) is 9.32. The molecule has 0 atom stereocenters. The number of aliphatic hydroxyl groups excluding tert-OH is 2. The van der Waals surface area contributed by atoms with Crippen molar-refractivity contribution in [2.24, 2.45) is 0 Å². The van der Waals surface area contributed by atoms with Crippen LogP contribution in [-0.4, -0.2) is 21.8 Å². The fourth-order valence-corrected chi connectivity index (χ4v) is 1.63. The average molecular weight is 224 g/mol. The van der Waals surface area contributed by atoms with Crippen LogP contribution in [0.3, 0.4) is 0 Å². The van der Waals surface area contributed by atoms with Crippen LogP contribution >= 0.6 is 0 Å². The van der Waals surface area contributed by atoms with Crippen LogP contribution in [0.25, 0.3) is 0 Å². The second kappa shape index (κ2) is 5.49. The van der Waals surface area contributed by atoms with Crippen molar-refractivity contribution < 1.29 is 19.8 Å². The lowest BCUT2D eigenvalue weighted by Crippen LogP contribution is -2.19. The number of hydrogen-bond acceptors (Lipinski definition) is 4. The molecule has 1 rings (SSSR count). The van der Waals surface area contributed by atoms with Crippen LogP contribution in [-0.2, 0) is 9.59 Å². The highest BCUT2D eigenvalue weighted by Crippen LogP contribution is 2.21. The van der Waals surface area contributed by atoms with E-state index in [-0.39, 0.29) is 5.57 Å². The summed E-state index contributed by atoms with van der Waals surface area (Å²) < 4.78 is 0. The molecule has 2 N–H and O–H groups in total. The van der Waals surface area contributed by atoms with E-state index in [4.69, 9.17) is 0 Å². The number of ketones is 2. The first kappa shape index (κ1) is 12.5. The molecule has 0 saturated heterocycles. The average Bonchev–Trinajstić information content (AvgIpc) is 2.25. The summed E-state index contributed by atoms with van der Waals surface area (Å²) in [6.45, 7) is 2.07. The summed E-state index contributed by atoms with van der Waals surface area (Å²) in [5, 5.41) is 18.6. The van der Waals surface area contributed by atoms with Gasteiger partial charge in [0.1, 0.15) is 0 Å². The van der Waals surface area contributed by atoms with Gasteiger partial charge >= 0.3 is 0 Å². The van der Waals surface area contributed by atoms with E-state index in [1.54, 1.807) is 0 Å². The van der Waals surface area contributed by atoms with Gasteiger partial charge in [-0.1, -0.05) is 26.2 Å². The molecule has 0 saturated carbocycles. The van der Waals surface area contributed by atoms with E-state index >= 15 is 0 Å². The van der Waals surface area contributed by atoms with Crippen molar-refractivity contribution in [1.29, 1.82) is 0 Å². The summed E-state index contributed by atoms with van der Waals surface area (Å²) in [7, 11) is 0. The van der Waals surface area contributed by atoms with E-state index in [1.165, 1.54) is 0 Å². The van der Waals surface area contributed by atoms with Gasteiger partial charge in [0.2, 0.25) is 11.6 Å². The summed E-state index contributed by atoms with van der Waals surface area (Å²) in [6.07, 6.45) is 4.90. The Hall–Kier alpha value is -1.58. The van der Waals surface area contributed by atoms with E-state index in [0.29, 0.717) is 6.42 Å². The predicted molar refractivity (Wildman–Crippen MR) is 59.1 cm³/mol. The van der Waals surface area contributed by atoms with E-state index in [0.717, 1.165) is 31.8 Å². The third-order valence-electron chi connectivity index (χ3n) is 2.57.